The van der Waals surface area contributed by atoms with Crippen LogP contribution < -0.4 is 4.74 Å². The molecule has 2 N–H and O–H groups in total. The number of methoxy groups -OCH3 is 1. The molecule has 2 heterocycles. The molecule has 1 aliphatic carbocycles. The molecule has 0 unspecified atom stereocenters. The molecule has 0 fully saturated rings. The standard InChI is InChI=1S/C16H16N3O3/c1-22-11-4-2-10(3-5-11)15-8-12-13(19(15)21)6-7-14-16(12)17-9-18(14)20/h2-5,8,20-21H,6-7,9H2,1H3/q+1. The second kappa shape index (κ2) is 4.62. The minimum atomic E-state index is 0.262. The van der Waals surface area contributed by atoms with Crippen molar-refractivity contribution in [2.45, 2.75) is 12.8 Å². The number of rotatable bonds is 2. The molecule has 22 heavy (non-hydrogen) atoms. The zero-order valence-electron chi connectivity index (χ0n) is 12.2. The third-order valence-corrected chi connectivity index (χ3v) is 4.26. The molecule has 0 amide bonds. The van der Waals surface area contributed by atoms with Crippen molar-refractivity contribution in [1.29, 1.82) is 0 Å². The van der Waals surface area contributed by atoms with Crippen LogP contribution in [0, 0.1) is 0 Å². The molecule has 0 saturated carbocycles. The first-order valence-corrected chi connectivity index (χ1v) is 7.15. The average molecular weight is 298 g/mol. The maximum Gasteiger partial charge on any atom is 0.285 e. The molecule has 1 aromatic carbocycles. The average Bonchev–Trinajstić information content (AvgIpc) is 3.09. The highest BCUT2D eigenvalue weighted by Gasteiger charge is 2.36. The lowest BCUT2D eigenvalue weighted by molar-refractivity contribution is -0.770. The van der Waals surface area contributed by atoms with Crippen LogP contribution in [0.4, 0.5) is 0 Å². The molecule has 2 aromatic rings. The summed E-state index contributed by atoms with van der Waals surface area (Å²) in [6.07, 6.45) is 1.35. The third-order valence-electron chi connectivity index (χ3n) is 4.26. The molecule has 0 bridgehead atoms. The smallest absolute Gasteiger partial charge is 0.285 e. The summed E-state index contributed by atoms with van der Waals surface area (Å²) in [7, 11) is 1.62. The summed E-state index contributed by atoms with van der Waals surface area (Å²) in [4.78, 5) is 4.37. The van der Waals surface area contributed by atoms with E-state index in [1.54, 1.807) is 7.11 Å². The largest absolute Gasteiger partial charge is 0.497 e. The Kier molecular flexibility index (Phi) is 2.72. The van der Waals surface area contributed by atoms with E-state index in [4.69, 9.17) is 4.74 Å². The Labute approximate surface area is 127 Å². The zero-order valence-corrected chi connectivity index (χ0v) is 12.2. The summed E-state index contributed by atoms with van der Waals surface area (Å²) in [5.74, 6) is 0.774. The van der Waals surface area contributed by atoms with Crippen LogP contribution in [0.25, 0.3) is 11.3 Å². The Bertz CT molecular complexity index is 816. The SMILES string of the molecule is COc1ccc(-c2cc3c(n2O)CCC2=[N+](O)CN=C23)cc1. The fourth-order valence-electron chi connectivity index (χ4n) is 3.12. The van der Waals surface area contributed by atoms with Crippen molar-refractivity contribution in [2.24, 2.45) is 4.99 Å². The van der Waals surface area contributed by atoms with Crippen LogP contribution in [-0.2, 0) is 6.42 Å². The fourth-order valence-corrected chi connectivity index (χ4v) is 3.12. The van der Waals surface area contributed by atoms with Crippen LogP contribution in [0.1, 0.15) is 17.7 Å². The first-order chi connectivity index (χ1) is 10.7. The van der Waals surface area contributed by atoms with Gasteiger partial charge in [-0.05, 0) is 35.1 Å². The van der Waals surface area contributed by atoms with Crippen LogP contribution in [0.2, 0.25) is 0 Å². The van der Waals surface area contributed by atoms with Gasteiger partial charge in [0.15, 0.2) is 0 Å². The van der Waals surface area contributed by atoms with Gasteiger partial charge in [0.05, 0.1) is 18.5 Å². The highest BCUT2D eigenvalue weighted by atomic mass is 16.5. The molecule has 4 rings (SSSR count). The minimum Gasteiger partial charge on any atom is -0.497 e. The molecule has 0 radical (unpaired) electrons. The van der Waals surface area contributed by atoms with Crippen molar-refractivity contribution in [3.05, 3.63) is 41.6 Å². The summed E-state index contributed by atoms with van der Waals surface area (Å²) in [5.41, 5.74) is 4.96. The van der Waals surface area contributed by atoms with E-state index in [1.165, 1.54) is 9.47 Å². The van der Waals surface area contributed by atoms with Gasteiger partial charge in [0.2, 0.25) is 0 Å². The first-order valence-electron chi connectivity index (χ1n) is 7.15. The predicted octanol–water partition coefficient (Wildman–Crippen LogP) is 1.95. The Hall–Kier alpha value is -2.76. The van der Waals surface area contributed by atoms with E-state index >= 15 is 0 Å². The molecule has 2 aliphatic rings. The van der Waals surface area contributed by atoms with Crippen molar-refractivity contribution in [2.75, 3.05) is 13.8 Å². The number of hydroxylamine groups is 1. The molecule has 112 valence electrons. The Balaban J connectivity index is 1.82. The van der Waals surface area contributed by atoms with Crippen molar-refractivity contribution in [1.82, 2.24) is 4.73 Å². The van der Waals surface area contributed by atoms with Crippen molar-refractivity contribution < 1.29 is 19.9 Å². The molecule has 1 aromatic heterocycles. The maximum atomic E-state index is 10.5. The number of aromatic nitrogens is 1. The van der Waals surface area contributed by atoms with Gasteiger partial charge in [-0.3, -0.25) is 5.21 Å². The van der Waals surface area contributed by atoms with Gasteiger partial charge >= 0.3 is 0 Å². The number of nitrogens with zero attached hydrogens (tertiary/aromatic N) is 3. The van der Waals surface area contributed by atoms with Crippen molar-refractivity contribution >= 4 is 11.4 Å². The first kappa shape index (κ1) is 12.9. The zero-order chi connectivity index (χ0) is 15.3. The number of ether oxygens (including phenoxy) is 1. The monoisotopic (exact) mass is 298 g/mol. The highest BCUT2D eigenvalue weighted by Crippen LogP contribution is 2.31. The van der Waals surface area contributed by atoms with Crippen LogP contribution in [0.3, 0.4) is 0 Å². The fraction of sp³-hybridized carbons (Fsp3) is 0.250. The summed E-state index contributed by atoms with van der Waals surface area (Å²) in [6, 6.07) is 9.47. The van der Waals surface area contributed by atoms with E-state index in [2.05, 4.69) is 4.99 Å². The van der Waals surface area contributed by atoms with Gasteiger partial charge in [0.1, 0.15) is 11.5 Å². The van der Waals surface area contributed by atoms with Crippen molar-refractivity contribution in [3.8, 4) is 17.0 Å². The number of hydrogen-bond acceptors (Lipinski definition) is 4. The number of hydrogen-bond donors (Lipinski definition) is 2. The van der Waals surface area contributed by atoms with Gasteiger partial charge in [-0.25, -0.2) is 4.99 Å². The van der Waals surface area contributed by atoms with Crippen LogP contribution in [0.15, 0.2) is 35.3 Å². The summed E-state index contributed by atoms with van der Waals surface area (Å²) < 4.78 is 7.57. The predicted molar refractivity (Wildman–Crippen MR) is 80.4 cm³/mol. The minimum absolute atomic E-state index is 0.262. The van der Waals surface area contributed by atoms with Gasteiger partial charge < -0.3 is 9.94 Å². The summed E-state index contributed by atoms with van der Waals surface area (Å²) >= 11 is 0. The van der Waals surface area contributed by atoms with Crippen LogP contribution in [0.5, 0.6) is 5.75 Å². The Morgan fingerprint density at radius 1 is 1.23 bits per heavy atom. The normalized spacial score (nSPS) is 16.3. The summed E-state index contributed by atoms with van der Waals surface area (Å²) in [6.45, 7) is 0.262. The molecular formula is C16H16N3O3+. The molecule has 0 spiro atoms. The molecule has 6 heteroatoms. The number of aliphatic imine (C=N–C) groups is 1. The third kappa shape index (κ3) is 1.73. The van der Waals surface area contributed by atoms with E-state index in [0.717, 1.165) is 34.0 Å². The topological polar surface area (TPSA) is 70.0 Å². The van der Waals surface area contributed by atoms with E-state index in [0.29, 0.717) is 18.5 Å². The van der Waals surface area contributed by atoms with Gasteiger partial charge in [0, 0.05) is 24.0 Å². The van der Waals surface area contributed by atoms with E-state index < -0.39 is 0 Å². The van der Waals surface area contributed by atoms with Gasteiger partial charge in [-0.1, -0.05) is 0 Å². The molecular weight excluding hydrogens is 282 g/mol. The lowest BCUT2D eigenvalue weighted by Crippen LogP contribution is -2.26. The second-order valence-electron chi connectivity index (χ2n) is 5.42. The van der Waals surface area contributed by atoms with Crippen molar-refractivity contribution in [3.63, 3.8) is 0 Å². The Morgan fingerprint density at radius 3 is 2.73 bits per heavy atom. The van der Waals surface area contributed by atoms with Gasteiger partial charge in [-0.2, -0.15) is 4.73 Å². The van der Waals surface area contributed by atoms with E-state index in [9.17, 15) is 10.4 Å². The van der Waals surface area contributed by atoms with Crippen LogP contribution >= 0.6 is 0 Å². The summed E-state index contributed by atoms with van der Waals surface area (Å²) in [5, 5.41) is 20.3. The van der Waals surface area contributed by atoms with Gasteiger partial charge in [-0.15, -0.1) is 0 Å². The molecule has 0 atom stereocenters. The highest BCUT2D eigenvalue weighted by molar-refractivity contribution is 6.48. The maximum absolute atomic E-state index is 10.5. The lowest BCUT2D eigenvalue weighted by atomic mass is 9.94. The lowest BCUT2D eigenvalue weighted by Gasteiger charge is -2.11. The van der Waals surface area contributed by atoms with Gasteiger partial charge in [0.25, 0.3) is 12.4 Å². The molecule has 6 nitrogen and oxygen atoms in total. The van der Waals surface area contributed by atoms with E-state index in [1.807, 2.05) is 30.3 Å². The quantitative estimate of drug-likeness (QED) is 0.506. The van der Waals surface area contributed by atoms with E-state index in [-0.39, 0.29) is 6.67 Å². The van der Waals surface area contributed by atoms with Crippen LogP contribution in [-0.4, -0.2) is 45.1 Å². The molecule has 1 aliphatic heterocycles. The molecule has 0 saturated heterocycles. The Morgan fingerprint density at radius 2 is 2.00 bits per heavy atom. The number of benzene rings is 1. The number of fused-ring (bicyclic) bond motifs is 3. The second-order valence-corrected chi connectivity index (χ2v) is 5.42.